The lowest BCUT2D eigenvalue weighted by Crippen LogP contribution is -2.44. The number of nitrogens with zero attached hydrogens (tertiary/aromatic N) is 3. The highest BCUT2D eigenvalue weighted by molar-refractivity contribution is 7.89. The van der Waals surface area contributed by atoms with Crippen LogP contribution in [0.5, 0.6) is 5.88 Å². The molecule has 0 N–H and O–H groups in total. The molecule has 2 heterocycles. The van der Waals surface area contributed by atoms with Gasteiger partial charge in [-0.2, -0.15) is 9.40 Å². The fourth-order valence-electron chi connectivity index (χ4n) is 2.88. The predicted octanol–water partition coefficient (Wildman–Crippen LogP) is 2.46. The van der Waals surface area contributed by atoms with E-state index in [0.29, 0.717) is 24.4 Å². The lowest BCUT2D eigenvalue weighted by atomic mass is 10.1. The first-order chi connectivity index (χ1) is 11.9. The molecule has 1 fully saturated rings. The molecule has 1 aliphatic heterocycles. The van der Waals surface area contributed by atoms with E-state index in [4.69, 9.17) is 4.74 Å². The minimum absolute atomic E-state index is 0.129. The molecule has 0 aliphatic carbocycles. The van der Waals surface area contributed by atoms with Crippen LogP contribution >= 0.6 is 0 Å². The van der Waals surface area contributed by atoms with Crippen LogP contribution in [0.15, 0.2) is 35.2 Å². The summed E-state index contributed by atoms with van der Waals surface area (Å²) in [5.74, 6) is -0.0675. The molecule has 2 aromatic rings. The minimum atomic E-state index is -3.69. The van der Waals surface area contributed by atoms with E-state index in [1.54, 1.807) is 19.1 Å². The van der Waals surface area contributed by atoms with Crippen molar-refractivity contribution < 1.29 is 17.5 Å². The number of aromatic nitrogens is 2. The van der Waals surface area contributed by atoms with Crippen molar-refractivity contribution in [1.29, 1.82) is 0 Å². The van der Waals surface area contributed by atoms with Crippen molar-refractivity contribution in [3.63, 3.8) is 0 Å². The Kier molecular flexibility index (Phi) is 5.01. The van der Waals surface area contributed by atoms with E-state index in [9.17, 15) is 12.8 Å². The maximum Gasteiger partial charge on any atom is 0.243 e. The minimum Gasteiger partial charge on any atom is -0.472 e. The van der Waals surface area contributed by atoms with Gasteiger partial charge >= 0.3 is 0 Å². The maximum absolute atomic E-state index is 13.3. The van der Waals surface area contributed by atoms with Crippen LogP contribution in [0.25, 0.3) is 0 Å². The summed E-state index contributed by atoms with van der Waals surface area (Å²) in [7, 11) is -3.69. The Hall–Kier alpha value is -2.06. The third-order valence-corrected chi connectivity index (χ3v) is 6.18. The zero-order chi connectivity index (χ0) is 18.0. The van der Waals surface area contributed by atoms with E-state index in [-0.39, 0.29) is 17.5 Å². The molecule has 6 nitrogen and oxygen atoms in total. The topological polar surface area (TPSA) is 72.4 Å². The Labute approximate surface area is 146 Å². The summed E-state index contributed by atoms with van der Waals surface area (Å²) < 4.78 is 46.2. The van der Waals surface area contributed by atoms with E-state index in [1.807, 2.05) is 6.92 Å². The highest BCUT2D eigenvalue weighted by atomic mass is 32.2. The molecule has 0 spiro atoms. The molecule has 0 saturated carbocycles. The predicted molar refractivity (Wildman–Crippen MR) is 90.3 cm³/mol. The van der Waals surface area contributed by atoms with Crippen LogP contribution in [0.1, 0.15) is 24.1 Å². The van der Waals surface area contributed by atoms with Gasteiger partial charge in [0.2, 0.25) is 15.9 Å². The smallest absolute Gasteiger partial charge is 0.243 e. The van der Waals surface area contributed by atoms with Gasteiger partial charge in [0.25, 0.3) is 0 Å². The normalized spacial score (nSPS) is 18.9. The summed E-state index contributed by atoms with van der Waals surface area (Å²) in [6.07, 6.45) is 1.13. The molecule has 1 unspecified atom stereocenters. The molecule has 0 radical (unpaired) electrons. The molecule has 1 atom stereocenters. The van der Waals surface area contributed by atoms with Crippen LogP contribution in [-0.4, -0.2) is 42.1 Å². The number of hydrogen-bond acceptors (Lipinski definition) is 5. The Bertz CT molecular complexity index is 856. The van der Waals surface area contributed by atoms with Crippen LogP contribution in [0.3, 0.4) is 0 Å². The second-order valence-electron chi connectivity index (χ2n) is 6.17. The van der Waals surface area contributed by atoms with E-state index in [0.717, 1.165) is 12.1 Å². The number of sulfonamides is 1. The zero-order valence-electron chi connectivity index (χ0n) is 14.1. The van der Waals surface area contributed by atoms with E-state index in [2.05, 4.69) is 10.2 Å². The van der Waals surface area contributed by atoms with Crippen LogP contribution in [0.2, 0.25) is 0 Å². The first-order valence-corrected chi connectivity index (χ1v) is 9.53. The van der Waals surface area contributed by atoms with Gasteiger partial charge < -0.3 is 4.74 Å². The molecule has 1 aromatic heterocycles. The first kappa shape index (κ1) is 17.8. The number of ether oxygens (including phenoxy) is 1. The van der Waals surface area contributed by atoms with Gasteiger partial charge in [-0.1, -0.05) is 0 Å². The maximum atomic E-state index is 13.3. The van der Waals surface area contributed by atoms with Crippen LogP contribution in [0.4, 0.5) is 4.39 Å². The highest BCUT2D eigenvalue weighted by Crippen LogP contribution is 2.25. The Morgan fingerprint density at radius 1 is 1.20 bits per heavy atom. The average Bonchev–Trinajstić information content (AvgIpc) is 2.57. The fraction of sp³-hybridized carbons (Fsp3) is 0.412. The monoisotopic (exact) mass is 365 g/mol. The second-order valence-corrected chi connectivity index (χ2v) is 8.07. The van der Waals surface area contributed by atoms with Crippen molar-refractivity contribution in [3.05, 3.63) is 47.4 Å². The van der Waals surface area contributed by atoms with Crippen LogP contribution < -0.4 is 4.74 Å². The summed E-state index contributed by atoms with van der Waals surface area (Å²) in [6.45, 7) is 4.07. The summed E-state index contributed by atoms with van der Waals surface area (Å²) in [5, 5.41) is 7.90. The van der Waals surface area contributed by atoms with Crippen molar-refractivity contribution in [1.82, 2.24) is 14.5 Å². The third kappa shape index (κ3) is 3.96. The number of aryl methyl sites for hydroxylation is 2. The highest BCUT2D eigenvalue weighted by Gasteiger charge is 2.32. The average molecular weight is 365 g/mol. The second kappa shape index (κ2) is 7.05. The lowest BCUT2D eigenvalue weighted by molar-refractivity contribution is 0.123. The number of benzene rings is 1. The quantitative estimate of drug-likeness (QED) is 0.832. The molecule has 0 bridgehead atoms. The molecule has 1 aromatic carbocycles. The molecular weight excluding hydrogens is 345 g/mol. The van der Waals surface area contributed by atoms with Gasteiger partial charge in [-0.05, 0) is 56.5 Å². The number of hydrogen-bond donors (Lipinski definition) is 0. The zero-order valence-corrected chi connectivity index (χ0v) is 15.0. The molecule has 1 saturated heterocycles. The third-order valence-electron chi connectivity index (χ3n) is 4.16. The van der Waals surface area contributed by atoms with Gasteiger partial charge in [-0.3, -0.25) is 0 Å². The van der Waals surface area contributed by atoms with Crippen molar-refractivity contribution in [3.8, 4) is 5.88 Å². The van der Waals surface area contributed by atoms with Crippen molar-refractivity contribution in [2.24, 2.45) is 0 Å². The number of halogens is 1. The van der Waals surface area contributed by atoms with Gasteiger partial charge in [0.15, 0.2) is 0 Å². The molecular formula is C17H20FN3O3S. The van der Waals surface area contributed by atoms with Crippen molar-refractivity contribution in [2.75, 3.05) is 13.1 Å². The van der Waals surface area contributed by atoms with E-state index >= 15 is 0 Å². The summed E-state index contributed by atoms with van der Waals surface area (Å²) >= 11 is 0. The Morgan fingerprint density at radius 2 is 2.00 bits per heavy atom. The van der Waals surface area contributed by atoms with E-state index < -0.39 is 15.8 Å². The summed E-state index contributed by atoms with van der Waals surface area (Å²) in [4.78, 5) is 0.129. The van der Waals surface area contributed by atoms with Gasteiger partial charge in [0.1, 0.15) is 11.9 Å². The first-order valence-electron chi connectivity index (χ1n) is 8.09. The Balaban J connectivity index is 1.76. The standard InChI is InChI=1S/C17H20FN3O3S/c1-12-10-14(18)6-7-16(12)25(22,23)21-9-3-4-15(11-21)24-17-8-5-13(2)19-20-17/h5-8,10,15H,3-4,9,11H2,1-2H3. The lowest BCUT2D eigenvalue weighted by Gasteiger charge is -2.32. The van der Waals surface area contributed by atoms with Gasteiger partial charge in [-0.25, -0.2) is 12.8 Å². The number of piperidine rings is 1. The molecule has 0 amide bonds. The van der Waals surface area contributed by atoms with Crippen molar-refractivity contribution in [2.45, 2.75) is 37.7 Å². The largest absolute Gasteiger partial charge is 0.472 e. The SMILES string of the molecule is Cc1ccc(OC2CCCN(S(=O)(=O)c3ccc(F)cc3C)C2)nn1. The van der Waals surface area contributed by atoms with Gasteiger partial charge in [0.05, 0.1) is 17.1 Å². The molecule has 25 heavy (non-hydrogen) atoms. The van der Waals surface area contributed by atoms with Crippen LogP contribution in [-0.2, 0) is 10.0 Å². The summed E-state index contributed by atoms with van der Waals surface area (Å²) in [6, 6.07) is 7.23. The molecule has 3 rings (SSSR count). The van der Waals surface area contributed by atoms with Gasteiger partial charge in [0, 0.05) is 12.6 Å². The Morgan fingerprint density at radius 3 is 2.68 bits per heavy atom. The van der Waals surface area contributed by atoms with E-state index in [1.165, 1.54) is 22.5 Å². The molecule has 134 valence electrons. The van der Waals surface area contributed by atoms with Gasteiger partial charge in [-0.15, -0.1) is 5.10 Å². The molecule has 8 heteroatoms. The fourth-order valence-corrected chi connectivity index (χ4v) is 4.60. The van der Waals surface area contributed by atoms with Crippen LogP contribution in [0, 0.1) is 19.7 Å². The van der Waals surface area contributed by atoms with Crippen molar-refractivity contribution >= 4 is 10.0 Å². The summed E-state index contributed by atoms with van der Waals surface area (Å²) in [5.41, 5.74) is 1.18. The molecule has 1 aliphatic rings. The number of rotatable bonds is 4.